The monoisotopic (exact) mass is 244 g/mol. The summed E-state index contributed by atoms with van der Waals surface area (Å²) in [5.74, 6) is -0.170. The third-order valence-corrected chi connectivity index (χ3v) is 3.07. The van der Waals surface area contributed by atoms with Gasteiger partial charge in [-0.05, 0) is 19.3 Å². The summed E-state index contributed by atoms with van der Waals surface area (Å²) in [5, 5.41) is 2.75. The van der Waals surface area contributed by atoms with E-state index in [0.29, 0.717) is 25.8 Å². The molecule has 0 aromatic heterocycles. The number of alkyl halides is 1. The summed E-state index contributed by atoms with van der Waals surface area (Å²) in [6.07, 6.45) is 2.36. The second-order valence-electron chi connectivity index (χ2n) is 4.35. The van der Waals surface area contributed by atoms with Gasteiger partial charge in [-0.3, -0.25) is 14.0 Å². The Balaban J connectivity index is 2.76. The fourth-order valence-corrected chi connectivity index (χ4v) is 2.21. The van der Waals surface area contributed by atoms with Crippen LogP contribution in [0.25, 0.3) is 0 Å². The first kappa shape index (κ1) is 13.9. The van der Waals surface area contributed by atoms with Crippen molar-refractivity contribution in [2.75, 3.05) is 13.2 Å². The van der Waals surface area contributed by atoms with Crippen LogP contribution in [-0.4, -0.2) is 42.0 Å². The zero-order valence-electron chi connectivity index (χ0n) is 10.5. The van der Waals surface area contributed by atoms with Gasteiger partial charge in [0.25, 0.3) is 0 Å². The third-order valence-electron chi connectivity index (χ3n) is 3.07. The first-order valence-corrected chi connectivity index (χ1v) is 6.32. The molecule has 0 saturated carbocycles. The molecule has 2 unspecified atom stereocenters. The molecular formula is C12H21FN2O2. The van der Waals surface area contributed by atoms with Crippen LogP contribution in [-0.2, 0) is 9.59 Å². The Labute approximate surface area is 102 Å². The molecule has 17 heavy (non-hydrogen) atoms. The molecule has 2 atom stereocenters. The number of rotatable bonds is 6. The normalized spacial score (nSPS) is 25.0. The predicted molar refractivity (Wildman–Crippen MR) is 63.2 cm³/mol. The lowest BCUT2D eigenvalue weighted by Crippen LogP contribution is -2.63. The minimum atomic E-state index is -0.458. The van der Waals surface area contributed by atoms with E-state index in [0.717, 1.165) is 6.42 Å². The Morgan fingerprint density at radius 3 is 2.59 bits per heavy atom. The summed E-state index contributed by atoms with van der Waals surface area (Å²) in [4.78, 5) is 25.5. The number of piperazine rings is 1. The van der Waals surface area contributed by atoms with Crippen LogP contribution < -0.4 is 5.32 Å². The van der Waals surface area contributed by atoms with Crippen LogP contribution in [0.1, 0.15) is 39.5 Å². The van der Waals surface area contributed by atoms with Crippen molar-refractivity contribution >= 4 is 11.8 Å². The van der Waals surface area contributed by atoms with E-state index < -0.39 is 18.8 Å². The average Bonchev–Trinajstić information content (AvgIpc) is 2.31. The molecule has 0 aliphatic carbocycles. The van der Waals surface area contributed by atoms with E-state index in [-0.39, 0.29) is 11.8 Å². The molecule has 1 rings (SSSR count). The molecule has 1 fully saturated rings. The highest BCUT2D eigenvalue weighted by molar-refractivity contribution is 5.96. The van der Waals surface area contributed by atoms with Gasteiger partial charge in [0.1, 0.15) is 12.1 Å². The predicted octanol–water partition coefficient (Wildman–Crippen LogP) is 1.25. The molecule has 1 saturated heterocycles. The zero-order valence-corrected chi connectivity index (χ0v) is 10.5. The SMILES string of the molecule is CCCC1NC(=O)C(CC)N(CCCF)C1=O. The summed E-state index contributed by atoms with van der Waals surface area (Å²) in [5.41, 5.74) is 0. The van der Waals surface area contributed by atoms with Gasteiger partial charge in [-0.25, -0.2) is 0 Å². The molecule has 1 heterocycles. The van der Waals surface area contributed by atoms with Crippen LogP contribution >= 0.6 is 0 Å². The quantitative estimate of drug-likeness (QED) is 0.764. The smallest absolute Gasteiger partial charge is 0.245 e. The van der Waals surface area contributed by atoms with Crippen LogP contribution in [0.4, 0.5) is 4.39 Å². The molecule has 2 amide bonds. The highest BCUT2D eigenvalue weighted by Gasteiger charge is 2.38. The van der Waals surface area contributed by atoms with Crippen molar-refractivity contribution in [2.24, 2.45) is 0 Å². The molecule has 1 N–H and O–H groups in total. The molecule has 0 aromatic carbocycles. The number of amides is 2. The number of hydrogen-bond acceptors (Lipinski definition) is 2. The lowest BCUT2D eigenvalue weighted by Gasteiger charge is -2.38. The second kappa shape index (κ2) is 6.57. The molecule has 0 radical (unpaired) electrons. The highest BCUT2D eigenvalue weighted by Crippen LogP contribution is 2.16. The maximum Gasteiger partial charge on any atom is 0.245 e. The maximum absolute atomic E-state index is 12.2. The molecule has 4 nitrogen and oxygen atoms in total. The van der Waals surface area contributed by atoms with Gasteiger partial charge in [0, 0.05) is 6.54 Å². The third kappa shape index (κ3) is 3.17. The summed E-state index contributed by atoms with van der Waals surface area (Å²) in [6.45, 7) is 3.71. The number of carbonyl (C=O) groups excluding carboxylic acids is 2. The average molecular weight is 244 g/mol. The van der Waals surface area contributed by atoms with Crippen LogP contribution in [0, 0.1) is 0 Å². The number of hydrogen-bond donors (Lipinski definition) is 1. The number of nitrogens with one attached hydrogen (secondary N) is 1. The standard InChI is InChI=1S/C12H21FN2O2/c1-3-6-9-12(17)15(8-5-7-13)10(4-2)11(16)14-9/h9-10H,3-8H2,1-2H3,(H,14,16). The maximum atomic E-state index is 12.2. The van der Waals surface area contributed by atoms with Gasteiger partial charge in [-0.2, -0.15) is 0 Å². The first-order chi connectivity index (χ1) is 8.15. The number of carbonyl (C=O) groups is 2. The van der Waals surface area contributed by atoms with Crippen LogP contribution in [0.15, 0.2) is 0 Å². The van der Waals surface area contributed by atoms with Crippen molar-refractivity contribution in [2.45, 2.75) is 51.6 Å². The van der Waals surface area contributed by atoms with Crippen LogP contribution in [0.3, 0.4) is 0 Å². The topological polar surface area (TPSA) is 49.4 Å². The number of halogens is 1. The van der Waals surface area contributed by atoms with E-state index in [9.17, 15) is 14.0 Å². The van der Waals surface area contributed by atoms with Crippen LogP contribution in [0.5, 0.6) is 0 Å². The summed E-state index contributed by atoms with van der Waals surface area (Å²) in [7, 11) is 0. The van der Waals surface area contributed by atoms with Gasteiger partial charge in [-0.15, -0.1) is 0 Å². The summed E-state index contributed by atoms with van der Waals surface area (Å²) >= 11 is 0. The zero-order chi connectivity index (χ0) is 12.8. The molecule has 0 bridgehead atoms. The lowest BCUT2D eigenvalue weighted by molar-refractivity contribution is -0.149. The second-order valence-corrected chi connectivity index (χ2v) is 4.35. The Morgan fingerprint density at radius 1 is 1.35 bits per heavy atom. The van der Waals surface area contributed by atoms with Gasteiger partial charge in [0.15, 0.2) is 0 Å². The molecular weight excluding hydrogens is 223 g/mol. The Hall–Kier alpha value is -1.13. The Kier molecular flexibility index (Phi) is 5.38. The van der Waals surface area contributed by atoms with E-state index in [1.54, 1.807) is 4.90 Å². The summed E-state index contributed by atoms with van der Waals surface area (Å²) < 4.78 is 12.2. The first-order valence-electron chi connectivity index (χ1n) is 6.32. The van der Waals surface area contributed by atoms with E-state index >= 15 is 0 Å². The molecule has 5 heteroatoms. The van der Waals surface area contributed by atoms with Gasteiger partial charge in [0.2, 0.25) is 11.8 Å². The fraction of sp³-hybridized carbons (Fsp3) is 0.833. The largest absolute Gasteiger partial charge is 0.343 e. The molecule has 1 aliphatic rings. The molecule has 1 aliphatic heterocycles. The molecule has 0 aromatic rings. The van der Waals surface area contributed by atoms with Crippen molar-refractivity contribution < 1.29 is 14.0 Å². The van der Waals surface area contributed by atoms with Gasteiger partial charge in [0.05, 0.1) is 6.67 Å². The van der Waals surface area contributed by atoms with Crippen molar-refractivity contribution in [3.05, 3.63) is 0 Å². The van der Waals surface area contributed by atoms with E-state index in [2.05, 4.69) is 5.32 Å². The van der Waals surface area contributed by atoms with Crippen molar-refractivity contribution in [3.8, 4) is 0 Å². The van der Waals surface area contributed by atoms with Crippen molar-refractivity contribution in [1.82, 2.24) is 10.2 Å². The molecule has 0 spiro atoms. The minimum Gasteiger partial charge on any atom is -0.343 e. The summed E-state index contributed by atoms with van der Waals surface area (Å²) in [6, 6.07) is -0.850. The molecule has 98 valence electrons. The van der Waals surface area contributed by atoms with Crippen molar-refractivity contribution in [1.29, 1.82) is 0 Å². The highest BCUT2D eigenvalue weighted by atomic mass is 19.1. The van der Waals surface area contributed by atoms with E-state index in [1.165, 1.54) is 0 Å². The number of nitrogens with zero attached hydrogens (tertiary/aromatic N) is 1. The Morgan fingerprint density at radius 2 is 2.06 bits per heavy atom. The van der Waals surface area contributed by atoms with Crippen LogP contribution in [0.2, 0.25) is 0 Å². The van der Waals surface area contributed by atoms with Gasteiger partial charge < -0.3 is 10.2 Å². The van der Waals surface area contributed by atoms with E-state index in [4.69, 9.17) is 0 Å². The van der Waals surface area contributed by atoms with Gasteiger partial charge in [-0.1, -0.05) is 20.3 Å². The van der Waals surface area contributed by atoms with E-state index in [1.807, 2.05) is 13.8 Å². The van der Waals surface area contributed by atoms with Crippen molar-refractivity contribution in [3.63, 3.8) is 0 Å². The van der Waals surface area contributed by atoms with Gasteiger partial charge >= 0.3 is 0 Å². The minimum absolute atomic E-state index is 0.0632. The lowest BCUT2D eigenvalue weighted by atomic mass is 10.0. The Bertz CT molecular complexity index is 284. The fourth-order valence-electron chi connectivity index (χ4n) is 2.21.